The van der Waals surface area contributed by atoms with Gasteiger partial charge in [-0.15, -0.1) is 0 Å². The number of rotatable bonds is 5. The fourth-order valence-corrected chi connectivity index (χ4v) is 1.51. The van der Waals surface area contributed by atoms with E-state index in [1.165, 1.54) is 0 Å². The van der Waals surface area contributed by atoms with Crippen LogP contribution in [0, 0.1) is 0 Å². The van der Waals surface area contributed by atoms with Crippen LogP contribution in [-0.4, -0.2) is 23.6 Å². The second kappa shape index (κ2) is 5.84. The second-order valence-corrected chi connectivity index (χ2v) is 3.98. The van der Waals surface area contributed by atoms with E-state index in [4.69, 9.17) is 17.3 Å². The summed E-state index contributed by atoms with van der Waals surface area (Å²) in [6.07, 6.45) is -0.754. The highest BCUT2D eigenvalue weighted by Gasteiger charge is 2.14. The molecule has 4 nitrogen and oxygen atoms in total. The maximum Gasteiger partial charge on any atom is 0.234 e. The summed E-state index contributed by atoms with van der Waals surface area (Å²) in [7, 11) is 0. The molecule has 0 heterocycles. The summed E-state index contributed by atoms with van der Waals surface area (Å²) in [4.78, 5) is 10.8. The SMILES string of the molecule is CC(NCC(O)c1ccccc1Cl)C(N)=O. The van der Waals surface area contributed by atoms with Gasteiger partial charge in [0, 0.05) is 17.1 Å². The van der Waals surface area contributed by atoms with Crippen molar-refractivity contribution in [2.75, 3.05) is 6.54 Å². The molecule has 0 saturated heterocycles. The number of hydrogen-bond donors (Lipinski definition) is 3. The first-order chi connectivity index (χ1) is 7.52. The van der Waals surface area contributed by atoms with Crippen LogP contribution < -0.4 is 11.1 Å². The molecule has 1 aromatic rings. The Bertz CT molecular complexity index is 371. The van der Waals surface area contributed by atoms with E-state index >= 15 is 0 Å². The van der Waals surface area contributed by atoms with Crippen molar-refractivity contribution in [3.63, 3.8) is 0 Å². The maximum absolute atomic E-state index is 10.8. The van der Waals surface area contributed by atoms with Gasteiger partial charge in [0.1, 0.15) is 0 Å². The van der Waals surface area contributed by atoms with Crippen LogP contribution in [-0.2, 0) is 4.79 Å². The molecule has 0 aliphatic carbocycles. The molecule has 0 aliphatic rings. The Morgan fingerprint density at radius 1 is 1.56 bits per heavy atom. The molecule has 1 aromatic carbocycles. The molecule has 1 rings (SSSR count). The Labute approximate surface area is 99.4 Å². The first kappa shape index (κ1) is 13.0. The Morgan fingerprint density at radius 2 is 2.19 bits per heavy atom. The molecule has 0 fully saturated rings. The predicted octanol–water partition coefficient (Wildman–Crippen LogP) is 0.837. The van der Waals surface area contributed by atoms with Crippen molar-refractivity contribution in [1.82, 2.24) is 5.32 Å². The van der Waals surface area contributed by atoms with E-state index in [-0.39, 0.29) is 6.54 Å². The first-order valence-electron chi connectivity index (χ1n) is 4.97. The van der Waals surface area contributed by atoms with Crippen LogP contribution in [0.1, 0.15) is 18.6 Å². The largest absolute Gasteiger partial charge is 0.387 e. The van der Waals surface area contributed by atoms with Gasteiger partial charge in [-0.1, -0.05) is 29.8 Å². The third-order valence-corrected chi connectivity index (χ3v) is 2.65. The summed E-state index contributed by atoms with van der Waals surface area (Å²) < 4.78 is 0. The van der Waals surface area contributed by atoms with Crippen LogP contribution in [0.25, 0.3) is 0 Å². The summed E-state index contributed by atoms with van der Waals surface area (Å²) in [5, 5.41) is 13.2. The molecule has 88 valence electrons. The van der Waals surface area contributed by atoms with Crippen LogP contribution >= 0.6 is 11.6 Å². The number of aliphatic hydroxyl groups excluding tert-OH is 1. The Morgan fingerprint density at radius 3 is 2.75 bits per heavy atom. The van der Waals surface area contributed by atoms with Gasteiger partial charge in [-0.05, 0) is 13.0 Å². The quantitative estimate of drug-likeness (QED) is 0.716. The first-order valence-corrected chi connectivity index (χ1v) is 5.35. The average molecular weight is 243 g/mol. The summed E-state index contributed by atoms with van der Waals surface area (Å²) in [6.45, 7) is 1.87. The zero-order valence-electron chi connectivity index (χ0n) is 8.98. The Hall–Kier alpha value is -1.10. The van der Waals surface area contributed by atoms with Crippen LogP contribution in [0.3, 0.4) is 0 Å². The maximum atomic E-state index is 10.8. The molecule has 0 radical (unpaired) electrons. The van der Waals surface area contributed by atoms with Gasteiger partial charge in [0.05, 0.1) is 12.1 Å². The molecule has 0 aliphatic heterocycles. The smallest absolute Gasteiger partial charge is 0.234 e. The third-order valence-electron chi connectivity index (χ3n) is 2.31. The van der Waals surface area contributed by atoms with E-state index in [9.17, 15) is 9.90 Å². The number of carbonyl (C=O) groups excluding carboxylic acids is 1. The summed E-state index contributed by atoms with van der Waals surface area (Å²) in [5.41, 5.74) is 5.71. The number of nitrogens with one attached hydrogen (secondary N) is 1. The lowest BCUT2D eigenvalue weighted by molar-refractivity contribution is -0.119. The van der Waals surface area contributed by atoms with Gasteiger partial charge in [0.15, 0.2) is 0 Å². The number of carbonyl (C=O) groups is 1. The zero-order valence-corrected chi connectivity index (χ0v) is 9.74. The van der Waals surface area contributed by atoms with Crippen LogP contribution in [0.4, 0.5) is 0 Å². The minimum atomic E-state index is -0.754. The third kappa shape index (κ3) is 3.48. The zero-order chi connectivity index (χ0) is 12.1. The van der Waals surface area contributed by atoms with Gasteiger partial charge >= 0.3 is 0 Å². The van der Waals surface area contributed by atoms with E-state index in [0.717, 1.165) is 0 Å². The van der Waals surface area contributed by atoms with Crippen molar-refractivity contribution in [1.29, 1.82) is 0 Å². The second-order valence-electron chi connectivity index (χ2n) is 3.57. The van der Waals surface area contributed by atoms with Crippen molar-refractivity contribution >= 4 is 17.5 Å². The molecular weight excluding hydrogens is 228 g/mol. The van der Waals surface area contributed by atoms with E-state index in [0.29, 0.717) is 10.6 Å². The lowest BCUT2D eigenvalue weighted by Gasteiger charge is -2.16. The summed E-state index contributed by atoms with van der Waals surface area (Å²) in [6, 6.07) is 6.55. The minimum Gasteiger partial charge on any atom is -0.387 e. The number of halogens is 1. The fraction of sp³-hybridized carbons (Fsp3) is 0.364. The number of amides is 1. The minimum absolute atomic E-state index is 0.230. The van der Waals surface area contributed by atoms with Gasteiger partial charge in [0.25, 0.3) is 0 Å². The Balaban J connectivity index is 2.56. The fourth-order valence-electron chi connectivity index (χ4n) is 1.24. The molecule has 5 heteroatoms. The average Bonchev–Trinajstić information content (AvgIpc) is 2.25. The highest BCUT2D eigenvalue weighted by molar-refractivity contribution is 6.31. The molecule has 2 unspecified atom stereocenters. The van der Waals surface area contributed by atoms with Gasteiger partial charge in [-0.25, -0.2) is 0 Å². The molecule has 4 N–H and O–H groups in total. The standard InChI is InChI=1S/C11H15ClN2O2/c1-7(11(13)16)14-6-10(15)8-4-2-3-5-9(8)12/h2-5,7,10,14-15H,6H2,1H3,(H2,13,16). The van der Waals surface area contributed by atoms with E-state index < -0.39 is 18.1 Å². The van der Waals surface area contributed by atoms with Gasteiger partial charge in [-0.2, -0.15) is 0 Å². The van der Waals surface area contributed by atoms with Crippen LogP contribution in [0.5, 0.6) is 0 Å². The molecule has 2 atom stereocenters. The number of hydrogen-bond acceptors (Lipinski definition) is 3. The molecule has 0 saturated carbocycles. The molecule has 0 aromatic heterocycles. The molecular formula is C11H15ClN2O2. The normalized spacial score (nSPS) is 14.4. The molecule has 16 heavy (non-hydrogen) atoms. The predicted molar refractivity (Wildman–Crippen MR) is 63.1 cm³/mol. The summed E-state index contributed by atoms with van der Waals surface area (Å²) in [5.74, 6) is -0.452. The Kier molecular flexibility index (Phi) is 4.73. The topological polar surface area (TPSA) is 75.3 Å². The van der Waals surface area contributed by atoms with Gasteiger partial charge in [-0.3, -0.25) is 4.79 Å². The number of benzene rings is 1. The number of aliphatic hydroxyl groups is 1. The van der Waals surface area contributed by atoms with E-state index in [1.54, 1.807) is 31.2 Å². The number of primary amides is 1. The number of nitrogens with two attached hydrogens (primary N) is 1. The van der Waals surface area contributed by atoms with Gasteiger partial charge in [0.2, 0.25) is 5.91 Å². The van der Waals surface area contributed by atoms with E-state index in [1.807, 2.05) is 0 Å². The van der Waals surface area contributed by atoms with Crippen molar-refractivity contribution in [3.05, 3.63) is 34.9 Å². The molecule has 0 bridgehead atoms. The van der Waals surface area contributed by atoms with Gasteiger partial charge < -0.3 is 16.2 Å². The van der Waals surface area contributed by atoms with E-state index in [2.05, 4.69) is 5.32 Å². The molecule has 0 spiro atoms. The monoisotopic (exact) mass is 242 g/mol. The highest BCUT2D eigenvalue weighted by Crippen LogP contribution is 2.21. The molecule has 1 amide bonds. The highest BCUT2D eigenvalue weighted by atomic mass is 35.5. The van der Waals surface area contributed by atoms with Crippen LogP contribution in [0.15, 0.2) is 24.3 Å². The van der Waals surface area contributed by atoms with Crippen LogP contribution in [0.2, 0.25) is 5.02 Å². The lowest BCUT2D eigenvalue weighted by Crippen LogP contribution is -2.40. The lowest BCUT2D eigenvalue weighted by atomic mass is 10.1. The van der Waals surface area contributed by atoms with Crippen molar-refractivity contribution in [3.8, 4) is 0 Å². The summed E-state index contributed by atoms with van der Waals surface area (Å²) >= 11 is 5.92. The van der Waals surface area contributed by atoms with Crippen molar-refractivity contribution in [2.45, 2.75) is 19.1 Å². The van der Waals surface area contributed by atoms with Crippen molar-refractivity contribution < 1.29 is 9.90 Å². The van der Waals surface area contributed by atoms with Crippen molar-refractivity contribution in [2.24, 2.45) is 5.73 Å².